The van der Waals surface area contributed by atoms with Gasteiger partial charge in [0.05, 0.1) is 4.90 Å². The van der Waals surface area contributed by atoms with Crippen LogP contribution in [0.5, 0.6) is 0 Å². The topological polar surface area (TPSA) is 40.1 Å². The van der Waals surface area contributed by atoms with E-state index >= 15 is 0 Å². The van der Waals surface area contributed by atoms with Crippen molar-refractivity contribution in [3.63, 3.8) is 0 Å². The molecule has 0 heterocycles. The molecule has 1 aromatic carbocycles. The molecule has 1 aromatic rings. The normalized spacial score (nSPS) is 13.0. The van der Waals surface area contributed by atoms with Crippen LogP contribution in [0.25, 0.3) is 0 Å². The highest BCUT2D eigenvalue weighted by molar-refractivity contribution is 9.10. The van der Waals surface area contributed by atoms with Crippen LogP contribution in [0.3, 0.4) is 0 Å². The summed E-state index contributed by atoms with van der Waals surface area (Å²) in [6.07, 6.45) is 0. The Hall–Kier alpha value is -0.260. The zero-order chi connectivity index (χ0) is 8.43. The van der Waals surface area contributed by atoms with Crippen LogP contribution in [0.15, 0.2) is 27.6 Å². The minimum absolute atomic E-state index is 0.320. The maximum absolute atomic E-state index is 12.6. The molecule has 60 valence electrons. The maximum atomic E-state index is 12.6. The Morgan fingerprint density at radius 1 is 1.55 bits per heavy atom. The molecule has 1 rings (SSSR count). The molecule has 1 atom stereocenters. The van der Waals surface area contributed by atoms with E-state index in [4.69, 9.17) is 0 Å². The first-order chi connectivity index (χ1) is 5.11. The SMILES string of the molecule is O=S([O-])c1cc(Br)ccc1F. The van der Waals surface area contributed by atoms with Gasteiger partial charge >= 0.3 is 0 Å². The lowest BCUT2D eigenvalue weighted by Gasteiger charge is -2.05. The molecule has 0 spiro atoms. The van der Waals surface area contributed by atoms with E-state index in [9.17, 15) is 13.2 Å². The van der Waals surface area contributed by atoms with E-state index in [1.54, 1.807) is 0 Å². The van der Waals surface area contributed by atoms with Gasteiger partial charge in [0.1, 0.15) is 5.82 Å². The highest BCUT2D eigenvalue weighted by Gasteiger charge is 2.01. The molecular weight excluding hydrogens is 235 g/mol. The second-order valence-electron chi connectivity index (χ2n) is 1.81. The summed E-state index contributed by atoms with van der Waals surface area (Å²) in [6.45, 7) is 0. The maximum Gasteiger partial charge on any atom is 0.138 e. The van der Waals surface area contributed by atoms with Gasteiger partial charge in [0.2, 0.25) is 0 Å². The van der Waals surface area contributed by atoms with Crippen LogP contribution in [-0.4, -0.2) is 8.76 Å². The molecule has 2 nitrogen and oxygen atoms in total. The Bertz CT molecular complexity index is 303. The van der Waals surface area contributed by atoms with Gasteiger partial charge in [0, 0.05) is 4.47 Å². The molecule has 1 unspecified atom stereocenters. The van der Waals surface area contributed by atoms with E-state index in [0.717, 1.165) is 6.07 Å². The smallest absolute Gasteiger partial charge is 0.138 e. The van der Waals surface area contributed by atoms with Crippen molar-refractivity contribution >= 4 is 27.0 Å². The molecule has 0 aliphatic rings. The van der Waals surface area contributed by atoms with Crippen LogP contribution in [0.2, 0.25) is 0 Å². The highest BCUT2D eigenvalue weighted by Crippen LogP contribution is 2.17. The Labute approximate surface area is 73.8 Å². The molecule has 0 aliphatic heterocycles. The summed E-state index contributed by atoms with van der Waals surface area (Å²) in [7, 11) is 0. The number of benzene rings is 1. The summed E-state index contributed by atoms with van der Waals surface area (Å²) in [4.78, 5) is -0.320. The predicted molar refractivity (Wildman–Crippen MR) is 41.3 cm³/mol. The predicted octanol–water partition coefficient (Wildman–Crippen LogP) is 1.83. The van der Waals surface area contributed by atoms with Crippen molar-refractivity contribution in [2.24, 2.45) is 0 Å². The van der Waals surface area contributed by atoms with Crippen molar-refractivity contribution in [3.8, 4) is 0 Å². The Morgan fingerprint density at radius 2 is 2.18 bits per heavy atom. The molecule has 0 amide bonds. The molecule has 0 bridgehead atoms. The van der Waals surface area contributed by atoms with Crippen LogP contribution in [-0.2, 0) is 11.1 Å². The van der Waals surface area contributed by atoms with Gasteiger partial charge in [-0.3, -0.25) is 4.21 Å². The van der Waals surface area contributed by atoms with Gasteiger partial charge in [0.15, 0.2) is 0 Å². The van der Waals surface area contributed by atoms with Gasteiger partial charge < -0.3 is 4.55 Å². The van der Waals surface area contributed by atoms with Crippen molar-refractivity contribution in [1.82, 2.24) is 0 Å². The van der Waals surface area contributed by atoms with Gasteiger partial charge in [-0.25, -0.2) is 4.39 Å². The number of rotatable bonds is 1. The third kappa shape index (κ3) is 2.08. The molecule has 0 radical (unpaired) electrons. The van der Waals surface area contributed by atoms with Crippen LogP contribution in [0, 0.1) is 5.82 Å². The van der Waals surface area contributed by atoms with Crippen LogP contribution >= 0.6 is 15.9 Å². The van der Waals surface area contributed by atoms with Gasteiger partial charge in [-0.2, -0.15) is 0 Å². The minimum Gasteiger partial charge on any atom is -0.768 e. The first-order valence-corrected chi connectivity index (χ1v) is 4.52. The van der Waals surface area contributed by atoms with Gasteiger partial charge in [0.25, 0.3) is 0 Å². The van der Waals surface area contributed by atoms with Gasteiger partial charge in [-0.1, -0.05) is 15.9 Å². The zero-order valence-corrected chi connectivity index (χ0v) is 7.62. The number of hydrogen-bond donors (Lipinski definition) is 0. The molecule has 0 N–H and O–H groups in total. The molecular formula is C6H3BrFO2S-. The average Bonchev–Trinajstić information content (AvgIpc) is 1.94. The number of hydrogen-bond acceptors (Lipinski definition) is 2. The van der Waals surface area contributed by atoms with Crippen LogP contribution < -0.4 is 0 Å². The summed E-state index contributed by atoms with van der Waals surface area (Å²) in [6, 6.07) is 3.74. The minimum atomic E-state index is -2.51. The summed E-state index contributed by atoms with van der Waals surface area (Å²) in [5, 5.41) is 0. The van der Waals surface area contributed by atoms with Gasteiger partial charge in [-0.15, -0.1) is 0 Å². The fraction of sp³-hybridized carbons (Fsp3) is 0. The lowest BCUT2D eigenvalue weighted by Crippen LogP contribution is -1.92. The summed E-state index contributed by atoms with van der Waals surface area (Å²) < 4.78 is 33.8. The summed E-state index contributed by atoms with van der Waals surface area (Å²) in [5.41, 5.74) is 0. The quantitative estimate of drug-likeness (QED) is 0.700. The number of halogens is 2. The van der Waals surface area contributed by atoms with E-state index in [1.165, 1.54) is 12.1 Å². The highest BCUT2D eigenvalue weighted by atomic mass is 79.9. The second-order valence-corrected chi connectivity index (χ2v) is 3.63. The fourth-order valence-electron chi connectivity index (χ4n) is 0.605. The Balaban J connectivity index is 3.23. The van der Waals surface area contributed by atoms with Crippen molar-refractivity contribution in [1.29, 1.82) is 0 Å². The standard InChI is InChI=1S/C6H4BrFO2S/c7-4-1-2-5(8)6(3-4)11(9)10/h1-3H,(H,9,10)/p-1. The fourth-order valence-corrected chi connectivity index (χ4v) is 1.57. The van der Waals surface area contributed by atoms with E-state index < -0.39 is 16.9 Å². The van der Waals surface area contributed by atoms with Crippen molar-refractivity contribution in [2.75, 3.05) is 0 Å². The largest absolute Gasteiger partial charge is 0.768 e. The average molecular weight is 238 g/mol. The third-order valence-electron chi connectivity index (χ3n) is 1.07. The molecule has 0 fully saturated rings. The molecule has 0 saturated heterocycles. The molecule has 5 heteroatoms. The van der Waals surface area contributed by atoms with E-state index in [1.807, 2.05) is 0 Å². The van der Waals surface area contributed by atoms with Crippen molar-refractivity contribution < 1.29 is 13.2 Å². The molecule has 0 aromatic heterocycles. The van der Waals surface area contributed by atoms with Crippen LogP contribution in [0.4, 0.5) is 4.39 Å². The van der Waals surface area contributed by atoms with E-state index in [2.05, 4.69) is 15.9 Å². The Kier molecular flexibility index (Phi) is 2.75. The first-order valence-electron chi connectivity index (χ1n) is 2.65. The monoisotopic (exact) mass is 237 g/mol. The molecule has 11 heavy (non-hydrogen) atoms. The zero-order valence-electron chi connectivity index (χ0n) is 5.21. The summed E-state index contributed by atoms with van der Waals surface area (Å²) >= 11 is 0.519. The molecule has 0 saturated carbocycles. The van der Waals surface area contributed by atoms with Gasteiger partial charge in [-0.05, 0) is 29.3 Å². The van der Waals surface area contributed by atoms with Crippen molar-refractivity contribution in [3.05, 3.63) is 28.5 Å². The lowest BCUT2D eigenvalue weighted by atomic mass is 10.3. The third-order valence-corrected chi connectivity index (χ3v) is 2.24. The Morgan fingerprint density at radius 3 is 2.64 bits per heavy atom. The van der Waals surface area contributed by atoms with Crippen molar-refractivity contribution in [2.45, 2.75) is 4.90 Å². The lowest BCUT2D eigenvalue weighted by molar-refractivity contribution is 0.523. The first kappa shape index (κ1) is 8.83. The van der Waals surface area contributed by atoms with Crippen LogP contribution in [0.1, 0.15) is 0 Å². The van der Waals surface area contributed by atoms with E-state index in [-0.39, 0.29) is 4.90 Å². The van der Waals surface area contributed by atoms with E-state index in [0.29, 0.717) is 4.47 Å². The summed E-state index contributed by atoms with van der Waals surface area (Å²) in [5.74, 6) is -0.735. The molecule has 0 aliphatic carbocycles. The second kappa shape index (κ2) is 3.42.